The molecule has 118 valence electrons. The maximum Gasteiger partial charge on any atom is 0.118 e. The molecule has 0 aliphatic carbocycles. The van der Waals surface area contributed by atoms with Crippen LogP contribution in [-0.2, 0) is 0 Å². The summed E-state index contributed by atoms with van der Waals surface area (Å²) in [6.07, 6.45) is 4.33. The van der Waals surface area contributed by atoms with Crippen LogP contribution in [0.25, 0.3) is 0 Å². The Balaban J connectivity index is 1.91. The Bertz CT molecular complexity index is 702. The third kappa shape index (κ3) is 3.29. The van der Waals surface area contributed by atoms with E-state index in [1.165, 1.54) is 5.56 Å². The van der Waals surface area contributed by atoms with Crippen molar-refractivity contribution in [1.29, 1.82) is 0 Å². The van der Waals surface area contributed by atoms with Gasteiger partial charge in [0, 0.05) is 11.6 Å². The molecule has 1 atom stereocenters. The van der Waals surface area contributed by atoms with Crippen molar-refractivity contribution >= 4 is 5.71 Å². The molecule has 3 nitrogen and oxygen atoms in total. The Kier molecular flexibility index (Phi) is 4.47. The Morgan fingerprint density at radius 1 is 1.00 bits per heavy atom. The highest BCUT2D eigenvalue weighted by Crippen LogP contribution is 2.29. The molecule has 2 aromatic carbocycles. The number of allylic oxidation sites excluding steroid dienone is 1. The lowest BCUT2D eigenvalue weighted by atomic mass is 10.0. The number of rotatable bonds is 4. The number of methoxy groups -OCH3 is 1. The van der Waals surface area contributed by atoms with Crippen molar-refractivity contribution in [3.05, 3.63) is 77.9 Å². The molecular formula is C20H22N2O. The van der Waals surface area contributed by atoms with Gasteiger partial charge in [-0.25, -0.2) is 0 Å². The SMILES string of the molecule is COc1ccc(C2C=CC(c3ccccc3)=NN2C(C)C)cc1. The zero-order valence-corrected chi connectivity index (χ0v) is 13.8. The van der Waals surface area contributed by atoms with Crippen molar-refractivity contribution in [3.8, 4) is 5.75 Å². The summed E-state index contributed by atoms with van der Waals surface area (Å²) in [6.45, 7) is 4.34. The van der Waals surface area contributed by atoms with E-state index in [0.29, 0.717) is 6.04 Å². The van der Waals surface area contributed by atoms with Crippen LogP contribution in [-0.4, -0.2) is 23.9 Å². The highest BCUT2D eigenvalue weighted by molar-refractivity contribution is 6.08. The third-order valence-corrected chi connectivity index (χ3v) is 4.00. The van der Waals surface area contributed by atoms with Crippen molar-refractivity contribution in [3.63, 3.8) is 0 Å². The van der Waals surface area contributed by atoms with Gasteiger partial charge in [-0.2, -0.15) is 5.10 Å². The van der Waals surface area contributed by atoms with Crippen LogP contribution in [0.5, 0.6) is 5.75 Å². The summed E-state index contributed by atoms with van der Waals surface area (Å²) in [5, 5.41) is 7.04. The molecule has 0 aromatic heterocycles. The Hall–Kier alpha value is -2.55. The Morgan fingerprint density at radius 3 is 2.30 bits per heavy atom. The van der Waals surface area contributed by atoms with Gasteiger partial charge < -0.3 is 4.74 Å². The summed E-state index contributed by atoms with van der Waals surface area (Å²) in [5.41, 5.74) is 3.36. The second kappa shape index (κ2) is 6.69. The van der Waals surface area contributed by atoms with Crippen LogP contribution in [0.15, 0.2) is 71.9 Å². The lowest BCUT2D eigenvalue weighted by molar-refractivity contribution is 0.189. The topological polar surface area (TPSA) is 24.8 Å². The van der Waals surface area contributed by atoms with E-state index in [2.05, 4.69) is 55.3 Å². The molecule has 2 aromatic rings. The summed E-state index contributed by atoms with van der Waals surface area (Å²) >= 11 is 0. The van der Waals surface area contributed by atoms with E-state index in [4.69, 9.17) is 9.84 Å². The number of benzene rings is 2. The molecule has 0 saturated heterocycles. The highest BCUT2D eigenvalue weighted by Gasteiger charge is 2.23. The van der Waals surface area contributed by atoms with E-state index in [1.807, 2.05) is 30.3 Å². The van der Waals surface area contributed by atoms with Gasteiger partial charge in [-0.3, -0.25) is 5.01 Å². The molecule has 1 aliphatic heterocycles. The van der Waals surface area contributed by atoms with E-state index < -0.39 is 0 Å². The highest BCUT2D eigenvalue weighted by atomic mass is 16.5. The number of ether oxygens (including phenoxy) is 1. The van der Waals surface area contributed by atoms with E-state index in [9.17, 15) is 0 Å². The zero-order valence-electron chi connectivity index (χ0n) is 13.8. The standard InChI is InChI=1S/C20H22N2O/c1-15(2)22-20(17-9-11-18(23-3)12-10-17)14-13-19(21-22)16-7-5-4-6-8-16/h4-15,20H,1-3H3. The summed E-state index contributed by atoms with van der Waals surface area (Å²) in [6, 6.07) is 19.0. The quantitative estimate of drug-likeness (QED) is 0.835. The molecule has 3 heteroatoms. The fourth-order valence-electron chi connectivity index (χ4n) is 2.75. The second-order valence-corrected chi connectivity index (χ2v) is 5.90. The third-order valence-electron chi connectivity index (χ3n) is 4.00. The molecule has 1 aliphatic rings. The average Bonchev–Trinajstić information content (AvgIpc) is 2.62. The van der Waals surface area contributed by atoms with Crippen LogP contribution in [0.3, 0.4) is 0 Å². The van der Waals surface area contributed by atoms with Gasteiger partial charge in [0.05, 0.1) is 18.9 Å². The minimum absolute atomic E-state index is 0.147. The van der Waals surface area contributed by atoms with Crippen molar-refractivity contribution in [2.24, 2.45) is 5.10 Å². The van der Waals surface area contributed by atoms with Gasteiger partial charge in [0.25, 0.3) is 0 Å². The second-order valence-electron chi connectivity index (χ2n) is 5.90. The lowest BCUT2D eigenvalue weighted by Crippen LogP contribution is -2.32. The Labute approximate surface area is 137 Å². The summed E-state index contributed by atoms with van der Waals surface area (Å²) < 4.78 is 5.25. The minimum Gasteiger partial charge on any atom is -0.497 e. The first-order valence-corrected chi connectivity index (χ1v) is 7.93. The van der Waals surface area contributed by atoms with E-state index in [1.54, 1.807) is 7.11 Å². The van der Waals surface area contributed by atoms with Crippen LogP contribution in [0.4, 0.5) is 0 Å². The summed E-state index contributed by atoms with van der Waals surface area (Å²) in [5.74, 6) is 0.873. The molecule has 3 rings (SSSR count). The maximum absolute atomic E-state index is 5.25. The zero-order chi connectivity index (χ0) is 16.2. The molecule has 0 radical (unpaired) electrons. The van der Waals surface area contributed by atoms with Crippen LogP contribution in [0.2, 0.25) is 0 Å². The Morgan fingerprint density at radius 2 is 1.70 bits per heavy atom. The number of nitrogens with zero attached hydrogens (tertiary/aromatic N) is 2. The predicted octanol–water partition coefficient (Wildman–Crippen LogP) is 4.42. The smallest absolute Gasteiger partial charge is 0.118 e. The molecule has 23 heavy (non-hydrogen) atoms. The fourth-order valence-corrected chi connectivity index (χ4v) is 2.75. The van der Waals surface area contributed by atoms with Crippen LogP contribution < -0.4 is 4.74 Å². The molecule has 0 bridgehead atoms. The molecule has 0 fully saturated rings. The number of hydrogen-bond acceptors (Lipinski definition) is 3. The van der Waals surface area contributed by atoms with E-state index in [0.717, 1.165) is 17.0 Å². The monoisotopic (exact) mass is 306 g/mol. The van der Waals surface area contributed by atoms with Gasteiger partial charge in [0.1, 0.15) is 5.75 Å². The van der Waals surface area contributed by atoms with E-state index >= 15 is 0 Å². The van der Waals surface area contributed by atoms with Gasteiger partial charge in [-0.1, -0.05) is 48.5 Å². The van der Waals surface area contributed by atoms with Crippen molar-refractivity contribution < 1.29 is 4.74 Å². The maximum atomic E-state index is 5.25. The molecule has 0 saturated carbocycles. The fraction of sp³-hybridized carbons (Fsp3) is 0.250. The van der Waals surface area contributed by atoms with Gasteiger partial charge in [0.2, 0.25) is 0 Å². The average molecular weight is 306 g/mol. The summed E-state index contributed by atoms with van der Waals surface area (Å²) in [4.78, 5) is 0. The van der Waals surface area contributed by atoms with Gasteiger partial charge >= 0.3 is 0 Å². The first-order chi connectivity index (χ1) is 11.2. The molecular weight excluding hydrogens is 284 g/mol. The van der Waals surface area contributed by atoms with Gasteiger partial charge in [-0.05, 0) is 37.6 Å². The largest absolute Gasteiger partial charge is 0.497 e. The normalized spacial score (nSPS) is 17.3. The predicted molar refractivity (Wildman–Crippen MR) is 94.8 cm³/mol. The first kappa shape index (κ1) is 15.3. The van der Waals surface area contributed by atoms with Crippen molar-refractivity contribution in [2.45, 2.75) is 25.9 Å². The van der Waals surface area contributed by atoms with Gasteiger partial charge in [0.15, 0.2) is 0 Å². The van der Waals surface area contributed by atoms with E-state index in [-0.39, 0.29) is 6.04 Å². The molecule has 0 N–H and O–H groups in total. The molecule has 0 amide bonds. The lowest BCUT2D eigenvalue weighted by Gasteiger charge is -2.34. The van der Waals surface area contributed by atoms with Crippen LogP contribution in [0.1, 0.15) is 31.0 Å². The summed E-state index contributed by atoms with van der Waals surface area (Å²) in [7, 11) is 1.69. The number of hydrogen-bond donors (Lipinski definition) is 0. The molecule has 1 unspecified atom stereocenters. The molecule has 1 heterocycles. The minimum atomic E-state index is 0.147. The first-order valence-electron chi connectivity index (χ1n) is 7.93. The van der Waals surface area contributed by atoms with Crippen LogP contribution >= 0.6 is 0 Å². The number of hydrazone groups is 1. The molecule has 0 spiro atoms. The van der Waals surface area contributed by atoms with Crippen molar-refractivity contribution in [2.75, 3.05) is 7.11 Å². The van der Waals surface area contributed by atoms with Crippen LogP contribution in [0, 0.1) is 0 Å². The van der Waals surface area contributed by atoms with Gasteiger partial charge in [-0.15, -0.1) is 0 Å². The van der Waals surface area contributed by atoms with Crippen molar-refractivity contribution in [1.82, 2.24) is 5.01 Å².